The van der Waals surface area contributed by atoms with Gasteiger partial charge < -0.3 is 10.1 Å². The zero-order chi connectivity index (χ0) is 16.2. The quantitative estimate of drug-likeness (QED) is 0.934. The molecule has 23 heavy (non-hydrogen) atoms. The number of halogens is 2. The maximum absolute atomic E-state index is 12.5. The second-order valence-electron chi connectivity index (χ2n) is 5.38. The lowest BCUT2D eigenvalue weighted by atomic mass is 9.95. The van der Waals surface area contributed by atoms with Crippen LogP contribution in [0.2, 0.25) is 0 Å². The van der Waals surface area contributed by atoms with E-state index in [1.165, 1.54) is 24.3 Å². The van der Waals surface area contributed by atoms with E-state index in [1.54, 1.807) is 18.5 Å². The summed E-state index contributed by atoms with van der Waals surface area (Å²) in [7, 11) is 0. The number of aromatic nitrogens is 1. The zero-order valence-electron chi connectivity index (χ0n) is 12.3. The van der Waals surface area contributed by atoms with Gasteiger partial charge in [0.05, 0.1) is 12.0 Å². The fourth-order valence-electron chi connectivity index (χ4n) is 2.68. The molecule has 1 aliphatic heterocycles. The highest BCUT2D eigenvalue weighted by atomic mass is 19.3. The van der Waals surface area contributed by atoms with Crippen LogP contribution in [0.15, 0.2) is 48.8 Å². The first-order valence-electron chi connectivity index (χ1n) is 7.35. The van der Waals surface area contributed by atoms with E-state index in [1.807, 2.05) is 6.07 Å². The Morgan fingerprint density at radius 2 is 2.04 bits per heavy atom. The Kier molecular flexibility index (Phi) is 4.62. The number of nitrogens with one attached hydrogen (secondary N) is 1. The number of alkyl halides is 2. The normalized spacial score (nSPS) is 20.7. The number of anilines is 1. The molecular formula is C17H16F2N2O2. The molecule has 2 aromatic rings. The topological polar surface area (TPSA) is 51.2 Å². The van der Waals surface area contributed by atoms with E-state index in [0.717, 1.165) is 5.56 Å². The number of pyridine rings is 1. The van der Waals surface area contributed by atoms with Gasteiger partial charge in [0.15, 0.2) is 0 Å². The average molecular weight is 318 g/mol. The van der Waals surface area contributed by atoms with Crippen LogP contribution in [-0.4, -0.2) is 17.5 Å². The molecule has 4 nitrogen and oxygen atoms in total. The standard InChI is InChI=1S/C17H16F2N2O2/c18-16(19)11-3-5-13(6-4-11)21-17(22)14-7-9-23-15(14)12-2-1-8-20-10-12/h1-6,8,10,14-16H,7,9H2,(H,21,22)/t14-,15+/m0/s1. The van der Waals surface area contributed by atoms with Crippen LogP contribution >= 0.6 is 0 Å². The predicted octanol–water partition coefficient (Wildman–Crippen LogP) is 3.74. The number of rotatable bonds is 4. The van der Waals surface area contributed by atoms with Crippen molar-refractivity contribution in [3.63, 3.8) is 0 Å². The first kappa shape index (κ1) is 15.6. The van der Waals surface area contributed by atoms with Gasteiger partial charge in [-0.2, -0.15) is 0 Å². The minimum Gasteiger partial charge on any atom is -0.373 e. The largest absolute Gasteiger partial charge is 0.373 e. The second-order valence-corrected chi connectivity index (χ2v) is 5.38. The van der Waals surface area contributed by atoms with E-state index < -0.39 is 6.43 Å². The summed E-state index contributed by atoms with van der Waals surface area (Å²) in [6, 6.07) is 9.26. The summed E-state index contributed by atoms with van der Waals surface area (Å²) in [5, 5.41) is 2.77. The first-order valence-corrected chi connectivity index (χ1v) is 7.35. The van der Waals surface area contributed by atoms with E-state index in [0.29, 0.717) is 18.7 Å². The van der Waals surface area contributed by atoms with Gasteiger partial charge in [-0.1, -0.05) is 18.2 Å². The van der Waals surface area contributed by atoms with E-state index in [2.05, 4.69) is 10.3 Å². The lowest BCUT2D eigenvalue weighted by Crippen LogP contribution is -2.25. The Bertz CT molecular complexity index is 662. The summed E-state index contributed by atoms with van der Waals surface area (Å²) >= 11 is 0. The molecule has 6 heteroatoms. The summed E-state index contributed by atoms with van der Waals surface area (Å²) < 4.78 is 30.7. The van der Waals surface area contributed by atoms with E-state index in [4.69, 9.17) is 4.74 Å². The highest BCUT2D eigenvalue weighted by molar-refractivity contribution is 5.93. The van der Waals surface area contributed by atoms with Crippen molar-refractivity contribution >= 4 is 11.6 Å². The molecule has 0 spiro atoms. The van der Waals surface area contributed by atoms with Gasteiger partial charge >= 0.3 is 0 Å². The molecule has 0 bridgehead atoms. The van der Waals surface area contributed by atoms with Crippen LogP contribution in [0, 0.1) is 5.92 Å². The van der Waals surface area contributed by atoms with Crippen LogP contribution in [0.1, 0.15) is 30.1 Å². The van der Waals surface area contributed by atoms with Gasteiger partial charge in [-0.3, -0.25) is 9.78 Å². The summed E-state index contributed by atoms with van der Waals surface area (Å²) in [4.78, 5) is 16.5. The van der Waals surface area contributed by atoms with Crippen LogP contribution in [0.5, 0.6) is 0 Å². The van der Waals surface area contributed by atoms with Crippen LogP contribution in [-0.2, 0) is 9.53 Å². The molecule has 0 aliphatic carbocycles. The molecule has 1 N–H and O–H groups in total. The van der Waals surface area contributed by atoms with Crippen molar-refractivity contribution in [2.75, 3.05) is 11.9 Å². The number of amides is 1. The molecule has 120 valence electrons. The Morgan fingerprint density at radius 1 is 1.26 bits per heavy atom. The lowest BCUT2D eigenvalue weighted by Gasteiger charge is -2.18. The van der Waals surface area contributed by atoms with Crippen molar-refractivity contribution in [1.82, 2.24) is 4.98 Å². The van der Waals surface area contributed by atoms with E-state index in [-0.39, 0.29) is 23.5 Å². The first-order chi connectivity index (χ1) is 11.1. The molecule has 0 unspecified atom stereocenters. The predicted molar refractivity (Wildman–Crippen MR) is 81.1 cm³/mol. The fourth-order valence-corrected chi connectivity index (χ4v) is 2.68. The number of carbonyl (C=O) groups excluding carboxylic acids is 1. The Labute approximate surface area is 132 Å². The van der Waals surface area contributed by atoms with Crippen molar-refractivity contribution in [1.29, 1.82) is 0 Å². The molecule has 1 saturated heterocycles. The number of ether oxygens (including phenoxy) is 1. The summed E-state index contributed by atoms with van der Waals surface area (Å²) in [6.07, 6.45) is 1.12. The van der Waals surface area contributed by atoms with Gasteiger partial charge in [-0.25, -0.2) is 8.78 Å². The van der Waals surface area contributed by atoms with E-state index in [9.17, 15) is 13.6 Å². The van der Waals surface area contributed by atoms with Gasteiger partial charge in [-0.15, -0.1) is 0 Å². The van der Waals surface area contributed by atoms with Crippen LogP contribution < -0.4 is 5.32 Å². The molecule has 2 heterocycles. The molecule has 1 amide bonds. The molecule has 0 saturated carbocycles. The van der Waals surface area contributed by atoms with Crippen molar-refractivity contribution in [3.05, 3.63) is 59.9 Å². The van der Waals surface area contributed by atoms with Gasteiger partial charge in [0.25, 0.3) is 6.43 Å². The number of hydrogen-bond acceptors (Lipinski definition) is 3. The minimum atomic E-state index is -2.52. The fraction of sp³-hybridized carbons (Fsp3) is 0.294. The highest BCUT2D eigenvalue weighted by Crippen LogP contribution is 2.35. The van der Waals surface area contributed by atoms with E-state index >= 15 is 0 Å². The smallest absolute Gasteiger partial charge is 0.263 e. The number of nitrogens with zero attached hydrogens (tertiary/aromatic N) is 1. The van der Waals surface area contributed by atoms with Crippen molar-refractivity contribution in [3.8, 4) is 0 Å². The molecule has 3 rings (SSSR count). The average Bonchev–Trinajstić information content (AvgIpc) is 3.06. The monoisotopic (exact) mass is 318 g/mol. The maximum Gasteiger partial charge on any atom is 0.263 e. The molecule has 1 fully saturated rings. The van der Waals surface area contributed by atoms with Gasteiger partial charge in [-0.05, 0) is 30.2 Å². The van der Waals surface area contributed by atoms with Crippen molar-refractivity contribution < 1.29 is 18.3 Å². The Morgan fingerprint density at radius 3 is 2.70 bits per heavy atom. The van der Waals surface area contributed by atoms with Gasteiger partial charge in [0, 0.05) is 30.3 Å². The van der Waals surface area contributed by atoms with Crippen LogP contribution in [0.3, 0.4) is 0 Å². The van der Waals surface area contributed by atoms with Gasteiger partial charge in [0.2, 0.25) is 5.91 Å². The maximum atomic E-state index is 12.5. The van der Waals surface area contributed by atoms with Crippen LogP contribution in [0.25, 0.3) is 0 Å². The molecule has 1 aliphatic rings. The number of hydrogen-bond donors (Lipinski definition) is 1. The SMILES string of the molecule is O=C(Nc1ccc(C(F)F)cc1)[C@H]1CCO[C@@H]1c1cccnc1. The third-order valence-corrected chi connectivity index (χ3v) is 3.87. The molecule has 0 radical (unpaired) electrons. The number of benzene rings is 1. The second kappa shape index (κ2) is 6.83. The summed E-state index contributed by atoms with van der Waals surface area (Å²) in [6.45, 7) is 0.502. The Balaban J connectivity index is 1.70. The summed E-state index contributed by atoms with van der Waals surface area (Å²) in [5.74, 6) is -0.505. The highest BCUT2D eigenvalue weighted by Gasteiger charge is 2.35. The molecule has 2 atom stereocenters. The lowest BCUT2D eigenvalue weighted by molar-refractivity contribution is -0.121. The Hall–Kier alpha value is -2.34. The number of carbonyl (C=O) groups is 1. The van der Waals surface area contributed by atoms with Crippen molar-refractivity contribution in [2.24, 2.45) is 5.92 Å². The third kappa shape index (κ3) is 3.53. The molecule has 1 aromatic carbocycles. The van der Waals surface area contributed by atoms with Crippen molar-refractivity contribution in [2.45, 2.75) is 19.0 Å². The summed E-state index contributed by atoms with van der Waals surface area (Å²) in [5.41, 5.74) is 1.29. The van der Waals surface area contributed by atoms with Crippen LogP contribution in [0.4, 0.5) is 14.5 Å². The minimum absolute atomic E-state index is 0.0690. The zero-order valence-corrected chi connectivity index (χ0v) is 12.3. The third-order valence-electron chi connectivity index (χ3n) is 3.87. The molecular weight excluding hydrogens is 302 g/mol. The van der Waals surface area contributed by atoms with Gasteiger partial charge in [0.1, 0.15) is 0 Å². The molecule has 1 aromatic heterocycles.